The van der Waals surface area contributed by atoms with Crippen LogP contribution in [0.4, 0.5) is 5.82 Å². The third kappa shape index (κ3) is 3.22. The minimum absolute atomic E-state index is 0.00857. The first-order valence-corrected chi connectivity index (χ1v) is 6.98. The molecule has 1 amide bonds. The number of carbonyl (C=O) groups is 1. The Kier molecular flexibility index (Phi) is 4.35. The van der Waals surface area contributed by atoms with Gasteiger partial charge in [-0.3, -0.25) is 4.79 Å². The smallest absolute Gasteiger partial charge is 0.274 e. The Hall–Kier alpha value is -1.65. The number of hydrogen-bond acceptors (Lipinski definition) is 4. The van der Waals surface area contributed by atoms with Gasteiger partial charge in [-0.05, 0) is 30.4 Å². The molecular weight excluding hydrogens is 240 g/mol. The number of rotatable bonds is 4. The largest absolute Gasteiger partial charge is 0.369 e. The van der Waals surface area contributed by atoms with Gasteiger partial charge in [0, 0.05) is 19.6 Å². The van der Waals surface area contributed by atoms with Gasteiger partial charge in [-0.15, -0.1) is 10.2 Å². The zero-order valence-corrected chi connectivity index (χ0v) is 11.9. The quantitative estimate of drug-likeness (QED) is 0.902. The lowest BCUT2D eigenvalue weighted by Crippen LogP contribution is -2.29. The molecule has 0 radical (unpaired) electrons. The van der Waals surface area contributed by atoms with Crippen LogP contribution < -0.4 is 5.32 Å². The molecule has 0 bridgehead atoms. The van der Waals surface area contributed by atoms with Crippen molar-refractivity contribution in [2.75, 3.05) is 25.0 Å². The Bertz CT molecular complexity index is 422. The molecule has 5 heteroatoms. The molecule has 104 valence electrons. The Morgan fingerprint density at radius 3 is 2.53 bits per heavy atom. The van der Waals surface area contributed by atoms with Crippen LogP contribution in [0.5, 0.6) is 0 Å². The second kappa shape index (κ2) is 5.99. The van der Waals surface area contributed by atoms with Crippen molar-refractivity contribution in [3.63, 3.8) is 0 Å². The molecule has 2 rings (SSSR count). The molecule has 0 spiro atoms. The van der Waals surface area contributed by atoms with Crippen molar-refractivity contribution >= 4 is 11.7 Å². The SMILES string of the molecule is CCCNc1ccc(C(=O)N2CC(C)C(C)C2)nn1. The second-order valence-electron chi connectivity index (χ2n) is 5.40. The average Bonchev–Trinajstić information content (AvgIpc) is 2.76. The first kappa shape index (κ1) is 13.8. The van der Waals surface area contributed by atoms with Crippen LogP contribution in [-0.2, 0) is 0 Å². The van der Waals surface area contributed by atoms with Gasteiger partial charge >= 0.3 is 0 Å². The van der Waals surface area contributed by atoms with Crippen LogP contribution in [0.15, 0.2) is 12.1 Å². The van der Waals surface area contributed by atoms with Gasteiger partial charge in [0.25, 0.3) is 5.91 Å². The zero-order chi connectivity index (χ0) is 13.8. The molecule has 0 aromatic carbocycles. The molecule has 1 saturated heterocycles. The average molecular weight is 262 g/mol. The summed E-state index contributed by atoms with van der Waals surface area (Å²) in [5.74, 6) is 1.83. The van der Waals surface area contributed by atoms with Crippen molar-refractivity contribution in [1.82, 2.24) is 15.1 Å². The fourth-order valence-corrected chi connectivity index (χ4v) is 2.25. The summed E-state index contributed by atoms with van der Waals surface area (Å²) in [6.07, 6.45) is 1.03. The molecular formula is C14H22N4O. The first-order valence-electron chi connectivity index (χ1n) is 6.98. The summed E-state index contributed by atoms with van der Waals surface area (Å²) >= 11 is 0. The highest BCUT2D eigenvalue weighted by molar-refractivity contribution is 5.92. The number of anilines is 1. The summed E-state index contributed by atoms with van der Waals surface area (Å²) in [5, 5.41) is 11.2. The molecule has 0 aliphatic carbocycles. The van der Waals surface area contributed by atoms with Gasteiger partial charge < -0.3 is 10.2 Å². The second-order valence-corrected chi connectivity index (χ2v) is 5.40. The van der Waals surface area contributed by atoms with Crippen molar-refractivity contribution in [3.8, 4) is 0 Å². The van der Waals surface area contributed by atoms with E-state index in [1.54, 1.807) is 6.07 Å². The topological polar surface area (TPSA) is 58.1 Å². The summed E-state index contributed by atoms with van der Waals surface area (Å²) in [6, 6.07) is 3.57. The van der Waals surface area contributed by atoms with Crippen molar-refractivity contribution in [2.24, 2.45) is 11.8 Å². The van der Waals surface area contributed by atoms with E-state index in [9.17, 15) is 4.79 Å². The minimum Gasteiger partial charge on any atom is -0.369 e. The van der Waals surface area contributed by atoms with Crippen molar-refractivity contribution in [2.45, 2.75) is 27.2 Å². The standard InChI is InChI=1S/C14H22N4O/c1-4-7-15-13-6-5-12(16-17-13)14(19)18-8-10(2)11(3)9-18/h5-6,10-11H,4,7-9H2,1-3H3,(H,15,17). The molecule has 1 aliphatic rings. The van der Waals surface area contributed by atoms with Crippen LogP contribution in [0, 0.1) is 11.8 Å². The Balaban J connectivity index is 2.00. The van der Waals surface area contributed by atoms with E-state index in [4.69, 9.17) is 0 Å². The fraction of sp³-hybridized carbons (Fsp3) is 0.643. The normalized spacial score (nSPS) is 22.6. The van der Waals surface area contributed by atoms with Crippen LogP contribution in [0.1, 0.15) is 37.7 Å². The third-order valence-corrected chi connectivity index (χ3v) is 3.72. The first-order chi connectivity index (χ1) is 9.11. The van der Waals surface area contributed by atoms with Crippen molar-refractivity contribution < 1.29 is 4.79 Å². The van der Waals surface area contributed by atoms with E-state index in [-0.39, 0.29) is 5.91 Å². The van der Waals surface area contributed by atoms with Crippen LogP contribution in [0.25, 0.3) is 0 Å². The molecule has 2 heterocycles. The highest BCUT2D eigenvalue weighted by Gasteiger charge is 2.30. The van der Waals surface area contributed by atoms with Gasteiger partial charge in [-0.25, -0.2) is 0 Å². The van der Waals surface area contributed by atoms with E-state index in [2.05, 4.69) is 36.3 Å². The fourth-order valence-electron chi connectivity index (χ4n) is 2.25. The third-order valence-electron chi connectivity index (χ3n) is 3.72. The number of carbonyl (C=O) groups excluding carboxylic acids is 1. The Morgan fingerprint density at radius 2 is 2.00 bits per heavy atom. The van der Waals surface area contributed by atoms with Gasteiger partial charge in [-0.1, -0.05) is 20.8 Å². The van der Waals surface area contributed by atoms with E-state index < -0.39 is 0 Å². The van der Waals surface area contributed by atoms with Gasteiger partial charge in [-0.2, -0.15) is 0 Å². The Labute approximate surface area is 114 Å². The predicted molar refractivity (Wildman–Crippen MR) is 75.0 cm³/mol. The zero-order valence-electron chi connectivity index (χ0n) is 11.9. The molecule has 1 aromatic rings. The van der Waals surface area contributed by atoms with Crippen LogP contribution >= 0.6 is 0 Å². The number of hydrogen-bond donors (Lipinski definition) is 1. The van der Waals surface area contributed by atoms with E-state index in [1.165, 1.54) is 0 Å². The van der Waals surface area contributed by atoms with Gasteiger partial charge in [0.1, 0.15) is 5.82 Å². The Morgan fingerprint density at radius 1 is 1.32 bits per heavy atom. The number of nitrogens with zero attached hydrogens (tertiary/aromatic N) is 3. The number of amides is 1. The lowest BCUT2D eigenvalue weighted by atomic mass is 10.0. The van der Waals surface area contributed by atoms with Crippen LogP contribution in [0.3, 0.4) is 0 Å². The summed E-state index contributed by atoms with van der Waals surface area (Å²) in [5.41, 5.74) is 0.434. The maximum absolute atomic E-state index is 12.3. The molecule has 1 fully saturated rings. The number of nitrogens with one attached hydrogen (secondary N) is 1. The highest BCUT2D eigenvalue weighted by atomic mass is 16.2. The number of aromatic nitrogens is 2. The summed E-state index contributed by atoms with van der Waals surface area (Å²) in [7, 11) is 0. The van der Waals surface area contributed by atoms with E-state index >= 15 is 0 Å². The molecule has 1 N–H and O–H groups in total. The number of likely N-dealkylation sites (tertiary alicyclic amines) is 1. The summed E-state index contributed by atoms with van der Waals surface area (Å²) in [6.45, 7) is 8.95. The van der Waals surface area contributed by atoms with Gasteiger partial charge in [0.05, 0.1) is 0 Å². The summed E-state index contributed by atoms with van der Waals surface area (Å²) < 4.78 is 0. The van der Waals surface area contributed by atoms with Crippen molar-refractivity contribution in [3.05, 3.63) is 17.8 Å². The molecule has 0 saturated carbocycles. The highest BCUT2D eigenvalue weighted by Crippen LogP contribution is 2.23. The molecule has 2 atom stereocenters. The van der Waals surface area contributed by atoms with Gasteiger partial charge in [0.2, 0.25) is 0 Å². The lowest BCUT2D eigenvalue weighted by Gasteiger charge is -2.15. The maximum atomic E-state index is 12.3. The molecule has 19 heavy (non-hydrogen) atoms. The van der Waals surface area contributed by atoms with E-state index in [0.717, 1.165) is 31.9 Å². The molecule has 5 nitrogen and oxygen atoms in total. The minimum atomic E-state index is -0.00857. The van der Waals surface area contributed by atoms with Crippen LogP contribution in [0.2, 0.25) is 0 Å². The summed E-state index contributed by atoms with van der Waals surface area (Å²) in [4.78, 5) is 14.1. The van der Waals surface area contributed by atoms with Gasteiger partial charge in [0.15, 0.2) is 5.69 Å². The predicted octanol–water partition coefficient (Wildman–Crippen LogP) is 2.03. The molecule has 1 aliphatic heterocycles. The van der Waals surface area contributed by atoms with E-state index in [1.807, 2.05) is 11.0 Å². The molecule has 2 unspecified atom stereocenters. The van der Waals surface area contributed by atoms with Crippen molar-refractivity contribution in [1.29, 1.82) is 0 Å². The maximum Gasteiger partial charge on any atom is 0.274 e. The van der Waals surface area contributed by atoms with E-state index in [0.29, 0.717) is 17.5 Å². The van der Waals surface area contributed by atoms with Crippen LogP contribution in [-0.4, -0.2) is 40.6 Å². The molecule has 1 aromatic heterocycles. The monoisotopic (exact) mass is 262 g/mol. The lowest BCUT2D eigenvalue weighted by molar-refractivity contribution is 0.0778.